The van der Waals surface area contributed by atoms with Gasteiger partial charge in [-0.05, 0) is 51.5 Å². The second-order valence-corrected chi connectivity index (χ2v) is 10.3. The summed E-state index contributed by atoms with van der Waals surface area (Å²) in [5, 5.41) is 8.72. The minimum atomic E-state index is -0.246. The maximum Gasteiger partial charge on any atom is 0.259 e. The summed E-state index contributed by atoms with van der Waals surface area (Å²) in [6, 6.07) is 8.66. The monoisotopic (exact) mass is 418 g/mol. The number of fused-ring (bicyclic) bond motifs is 6. The van der Waals surface area contributed by atoms with Crippen molar-refractivity contribution in [2.75, 3.05) is 6.61 Å². The first-order valence-electron chi connectivity index (χ1n) is 11.7. The first-order valence-corrected chi connectivity index (χ1v) is 11.7. The molecule has 2 aliphatic carbocycles. The molecule has 0 N–H and O–H groups in total. The highest BCUT2D eigenvalue weighted by molar-refractivity contribution is 5.73. The summed E-state index contributed by atoms with van der Waals surface area (Å²) < 4.78 is 10.0. The summed E-state index contributed by atoms with van der Waals surface area (Å²) in [4.78, 5) is 14.4. The first-order chi connectivity index (χ1) is 15.0. The van der Waals surface area contributed by atoms with Gasteiger partial charge in [-0.1, -0.05) is 43.5 Å². The average Bonchev–Trinajstić information content (AvgIpc) is 3.22. The lowest BCUT2D eigenvalue weighted by Crippen LogP contribution is -2.45. The average molecular weight is 419 g/mol. The molecule has 162 valence electrons. The van der Waals surface area contributed by atoms with E-state index in [1.54, 1.807) is 6.33 Å². The molecule has 2 fully saturated rings. The lowest BCUT2D eigenvalue weighted by atomic mass is 9.62. The van der Waals surface area contributed by atoms with E-state index in [-0.39, 0.29) is 22.6 Å². The lowest BCUT2D eigenvalue weighted by molar-refractivity contribution is -0.0692. The molecule has 1 atom stereocenters. The Hall–Kier alpha value is -2.47. The maximum atomic E-state index is 14.4. The third kappa shape index (κ3) is 2.84. The zero-order valence-corrected chi connectivity index (χ0v) is 18.4. The molecule has 0 radical (unpaired) electrons. The fourth-order valence-electron chi connectivity index (χ4n) is 6.49. The number of hydrogen-bond donors (Lipinski definition) is 0. The number of benzene rings is 1. The molecule has 1 spiro atoms. The van der Waals surface area contributed by atoms with Crippen molar-refractivity contribution in [2.45, 2.75) is 82.3 Å². The highest BCUT2D eigenvalue weighted by Crippen LogP contribution is 2.49. The minimum absolute atomic E-state index is 0.0751. The van der Waals surface area contributed by atoms with Gasteiger partial charge < -0.3 is 4.74 Å². The van der Waals surface area contributed by atoms with E-state index >= 15 is 0 Å². The molecule has 6 rings (SSSR count). The maximum absolute atomic E-state index is 14.4. The van der Waals surface area contributed by atoms with E-state index in [0.717, 1.165) is 48.9 Å². The van der Waals surface area contributed by atoms with Gasteiger partial charge in [0.15, 0.2) is 0 Å². The fourth-order valence-corrected chi connectivity index (χ4v) is 6.49. The smallest absolute Gasteiger partial charge is 0.259 e. The Balaban J connectivity index is 1.68. The van der Waals surface area contributed by atoms with Crippen molar-refractivity contribution in [3.8, 4) is 11.3 Å². The van der Waals surface area contributed by atoms with Crippen LogP contribution >= 0.6 is 0 Å². The van der Waals surface area contributed by atoms with Gasteiger partial charge in [0.2, 0.25) is 5.78 Å². The van der Waals surface area contributed by atoms with E-state index in [1.165, 1.54) is 24.8 Å². The normalized spacial score (nSPS) is 24.1. The Morgan fingerprint density at radius 2 is 1.94 bits per heavy atom. The Bertz CT molecular complexity index is 1220. The molecule has 0 bridgehead atoms. The zero-order chi connectivity index (χ0) is 21.2. The highest BCUT2D eigenvalue weighted by atomic mass is 16.5. The van der Waals surface area contributed by atoms with Crippen LogP contribution in [0, 0.1) is 0 Å². The molecule has 31 heavy (non-hydrogen) atoms. The number of hydrogen-bond acceptors (Lipinski definition) is 4. The van der Waals surface area contributed by atoms with Crippen LogP contribution in [-0.2, 0) is 16.6 Å². The van der Waals surface area contributed by atoms with Crippen LogP contribution in [0.2, 0.25) is 0 Å². The molecule has 1 saturated carbocycles. The zero-order valence-electron chi connectivity index (χ0n) is 18.4. The van der Waals surface area contributed by atoms with Gasteiger partial charge in [0.25, 0.3) is 5.56 Å². The molecular formula is C25H30N4O2. The first kappa shape index (κ1) is 19.2. The molecule has 3 aliphatic rings. The Morgan fingerprint density at radius 3 is 2.74 bits per heavy atom. The van der Waals surface area contributed by atoms with Gasteiger partial charge >= 0.3 is 0 Å². The van der Waals surface area contributed by atoms with Gasteiger partial charge in [0.1, 0.15) is 6.33 Å². The van der Waals surface area contributed by atoms with Gasteiger partial charge in [-0.15, -0.1) is 10.2 Å². The number of nitrogens with zero attached hydrogens (tertiary/aromatic N) is 4. The van der Waals surface area contributed by atoms with E-state index in [0.29, 0.717) is 12.4 Å². The second kappa shape index (κ2) is 6.76. The molecule has 0 amide bonds. The van der Waals surface area contributed by atoms with Crippen molar-refractivity contribution < 1.29 is 4.74 Å². The van der Waals surface area contributed by atoms with Crippen molar-refractivity contribution >= 4 is 5.78 Å². The third-order valence-corrected chi connectivity index (χ3v) is 7.83. The van der Waals surface area contributed by atoms with Gasteiger partial charge in [-0.25, -0.2) is 0 Å². The van der Waals surface area contributed by atoms with Crippen molar-refractivity contribution in [3.05, 3.63) is 52.1 Å². The number of ether oxygens (including phenoxy) is 1. The van der Waals surface area contributed by atoms with Crippen molar-refractivity contribution in [3.63, 3.8) is 0 Å². The van der Waals surface area contributed by atoms with Crippen LogP contribution in [0.5, 0.6) is 0 Å². The molecule has 3 aromatic rings. The van der Waals surface area contributed by atoms with Crippen LogP contribution in [0.3, 0.4) is 0 Å². The van der Waals surface area contributed by atoms with Crippen LogP contribution in [-0.4, -0.2) is 31.4 Å². The van der Waals surface area contributed by atoms with E-state index in [2.05, 4.69) is 52.7 Å². The molecule has 6 heteroatoms. The molecule has 1 aliphatic heterocycles. The second-order valence-electron chi connectivity index (χ2n) is 10.3. The van der Waals surface area contributed by atoms with Crippen LogP contribution in [0.15, 0.2) is 35.4 Å². The molecule has 1 aromatic carbocycles. The topological polar surface area (TPSA) is 61.4 Å². The predicted molar refractivity (Wildman–Crippen MR) is 119 cm³/mol. The summed E-state index contributed by atoms with van der Waals surface area (Å²) in [6.45, 7) is 4.89. The van der Waals surface area contributed by atoms with Crippen molar-refractivity contribution in [1.29, 1.82) is 0 Å². The fraction of sp³-hybridized carbons (Fsp3) is 0.560. The Kier molecular flexibility index (Phi) is 4.20. The lowest BCUT2D eigenvalue weighted by Gasteiger charge is -2.43. The van der Waals surface area contributed by atoms with Crippen molar-refractivity contribution in [1.82, 2.24) is 19.2 Å². The summed E-state index contributed by atoms with van der Waals surface area (Å²) >= 11 is 0. The largest absolute Gasteiger partial charge is 0.375 e. The quantitative estimate of drug-likeness (QED) is 0.586. The van der Waals surface area contributed by atoms with Crippen LogP contribution in [0.1, 0.15) is 76.0 Å². The van der Waals surface area contributed by atoms with Gasteiger partial charge in [0.05, 0.1) is 11.3 Å². The Morgan fingerprint density at radius 1 is 1.13 bits per heavy atom. The summed E-state index contributed by atoms with van der Waals surface area (Å²) in [5.74, 6) is 0.661. The predicted octanol–water partition coefficient (Wildman–Crippen LogP) is 4.45. The van der Waals surface area contributed by atoms with E-state index in [4.69, 9.17) is 4.74 Å². The van der Waals surface area contributed by atoms with Gasteiger partial charge in [-0.3, -0.25) is 13.8 Å². The molecule has 1 saturated heterocycles. The highest BCUT2D eigenvalue weighted by Gasteiger charge is 2.44. The van der Waals surface area contributed by atoms with Gasteiger partial charge in [-0.2, -0.15) is 0 Å². The molecule has 1 unspecified atom stereocenters. The third-order valence-electron chi connectivity index (χ3n) is 7.83. The summed E-state index contributed by atoms with van der Waals surface area (Å²) in [7, 11) is 0. The molecular weight excluding hydrogens is 388 g/mol. The van der Waals surface area contributed by atoms with Crippen LogP contribution < -0.4 is 5.56 Å². The van der Waals surface area contributed by atoms with Crippen molar-refractivity contribution in [2.24, 2.45) is 0 Å². The van der Waals surface area contributed by atoms with E-state index in [1.807, 2.05) is 4.57 Å². The number of aromatic nitrogens is 4. The van der Waals surface area contributed by atoms with Crippen LogP contribution in [0.25, 0.3) is 17.0 Å². The summed E-state index contributed by atoms with van der Waals surface area (Å²) in [5.41, 5.74) is 4.35. The standard InChI is InChI=1S/C25H30N4O2/c1-24(2)15-18(10-13-31-24)29-22(30)20-21(28-16-26-27-23(28)29)19-9-5-4-8-17(19)14-25(20)11-6-3-7-12-25/h4-5,8-9,16,18H,3,6-7,10-15H2,1-2H3. The van der Waals surface area contributed by atoms with Crippen LogP contribution in [0.4, 0.5) is 0 Å². The number of rotatable bonds is 1. The SMILES string of the molecule is CC1(C)CC(n2c(=O)c3c(n4cnnc24)-c2ccccc2CC32CCCCC2)CCO1. The molecule has 6 nitrogen and oxygen atoms in total. The molecule has 3 heterocycles. The molecule has 2 aromatic heterocycles. The van der Waals surface area contributed by atoms with E-state index < -0.39 is 0 Å². The van der Waals surface area contributed by atoms with E-state index in [9.17, 15) is 4.79 Å². The Labute approximate surface area is 182 Å². The minimum Gasteiger partial charge on any atom is -0.375 e. The summed E-state index contributed by atoms with van der Waals surface area (Å²) in [6.07, 6.45) is 10.2. The van der Waals surface area contributed by atoms with Gasteiger partial charge in [0, 0.05) is 29.2 Å².